The minimum atomic E-state index is 0.122. The zero-order chi connectivity index (χ0) is 22.3. The van der Waals surface area contributed by atoms with Crippen molar-refractivity contribution < 1.29 is 14.2 Å². The van der Waals surface area contributed by atoms with Gasteiger partial charge in [0.2, 0.25) is 0 Å². The first-order chi connectivity index (χ1) is 15.6. The number of rotatable bonds is 9. The van der Waals surface area contributed by atoms with Gasteiger partial charge >= 0.3 is 0 Å². The van der Waals surface area contributed by atoms with E-state index in [0.717, 1.165) is 11.1 Å². The Morgan fingerprint density at radius 3 is 2.59 bits per heavy atom. The highest BCUT2D eigenvalue weighted by atomic mass is 35.5. The van der Waals surface area contributed by atoms with Crippen molar-refractivity contribution in [3.63, 3.8) is 0 Å². The Kier molecular flexibility index (Phi) is 7.21. The van der Waals surface area contributed by atoms with Gasteiger partial charge in [0.05, 0.1) is 11.6 Å². The van der Waals surface area contributed by atoms with E-state index in [1.54, 1.807) is 36.1 Å². The smallest absolute Gasteiger partial charge is 0.188 e. The Morgan fingerprint density at radius 2 is 1.78 bits per heavy atom. The standard InChI is InChI=1S/C23H20Cl2N4O3/c1-30-15-32-19-8-9-21(25)20(12-19)23-26-27-28-29(23)13-17-11-18(24)7-10-22(17)31-14-16-5-3-2-4-6-16/h2-12H,13-15H2,1H3. The van der Waals surface area contributed by atoms with Crippen molar-refractivity contribution >= 4 is 23.2 Å². The second-order valence-corrected chi connectivity index (χ2v) is 7.72. The molecule has 0 saturated carbocycles. The summed E-state index contributed by atoms with van der Waals surface area (Å²) >= 11 is 12.7. The molecule has 0 unspecified atom stereocenters. The molecule has 0 radical (unpaired) electrons. The zero-order valence-corrected chi connectivity index (χ0v) is 18.8. The van der Waals surface area contributed by atoms with Crippen LogP contribution in [0.25, 0.3) is 11.4 Å². The molecule has 1 aromatic heterocycles. The Hall–Kier alpha value is -3.13. The van der Waals surface area contributed by atoms with Crippen LogP contribution in [0.5, 0.6) is 11.5 Å². The summed E-state index contributed by atoms with van der Waals surface area (Å²) in [6.07, 6.45) is 0. The van der Waals surface area contributed by atoms with E-state index < -0.39 is 0 Å². The monoisotopic (exact) mass is 470 g/mol. The molecular formula is C23H20Cl2N4O3. The van der Waals surface area contributed by atoms with Gasteiger partial charge in [0, 0.05) is 23.3 Å². The fourth-order valence-corrected chi connectivity index (χ4v) is 3.50. The second-order valence-electron chi connectivity index (χ2n) is 6.88. The lowest BCUT2D eigenvalue weighted by molar-refractivity contribution is 0.0511. The number of tetrazole rings is 1. The zero-order valence-electron chi connectivity index (χ0n) is 17.2. The van der Waals surface area contributed by atoms with Crippen molar-refractivity contribution in [2.45, 2.75) is 13.2 Å². The van der Waals surface area contributed by atoms with Gasteiger partial charge in [-0.25, -0.2) is 4.68 Å². The first-order valence-corrected chi connectivity index (χ1v) is 10.5. The number of hydrogen-bond acceptors (Lipinski definition) is 6. The minimum absolute atomic E-state index is 0.122. The quantitative estimate of drug-likeness (QED) is 0.310. The third-order valence-corrected chi connectivity index (χ3v) is 5.20. The second kappa shape index (κ2) is 10.5. The van der Waals surface area contributed by atoms with Crippen LogP contribution >= 0.6 is 23.2 Å². The molecule has 0 aliphatic rings. The molecule has 7 nitrogen and oxygen atoms in total. The Labute approximate surface area is 195 Å². The third-order valence-electron chi connectivity index (χ3n) is 4.63. The molecule has 0 bridgehead atoms. The first kappa shape index (κ1) is 22.1. The van der Waals surface area contributed by atoms with Crippen LogP contribution in [-0.2, 0) is 17.9 Å². The van der Waals surface area contributed by atoms with Crippen LogP contribution in [0.3, 0.4) is 0 Å². The number of aromatic nitrogens is 4. The maximum Gasteiger partial charge on any atom is 0.188 e. The van der Waals surface area contributed by atoms with Gasteiger partial charge in [0.25, 0.3) is 0 Å². The number of ether oxygens (including phenoxy) is 3. The summed E-state index contributed by atoms with van der Waals surface area (Å²) < 4.78 is 18.2. The highest BCUT2D eigenvalue weighted by Crippen LogP contribution is 2.31. The molecular weight excluding hydrogens is 451 g/mol. The van der Waals surface area contributed by atoms with Gasteiger partial charge in [-0.3, -0.25) is 0 Å². The summed E-state index contributed by atoms with van der Waals surface area (Å²) in [5.41, 5.74) is 2.54. The third kappa shape index (κ3) is 5.37. The predicted molar refractivity (Wildman–Crippen MR) is 122 cm³/mol. The molecule has 32 heavy (non-hydrogen) atoms. The van der Waals surface area contributed by atoms with Crippen LogP contribution in [0, 0.1) is 0 Å². The van der Waals surface area contributed by atoms with E-state index >= 15 is 0 Å². The maximum absolute atomic E-state index is 6.43. The van der Waals surface area contributed by atoms with E-state index in [1.807, 2.05) is 42.5 Å². The minimum Gasteiger partial charge on any atom is -0.489 e. The number of benzene rings is 3. The average Bonchev–Trinajstić information content (AvgIpc) is 3.26. The molecule has 3 aromatic carbocycles. The van der Waals surface area contributed by atoms with E-state index in [1.165, 1.54) is 0 Å². The fourth-order valence-electron chi connectivity index (χ4n) is 3.11. The lowest BCUT2D eigenvalue weighted by atomic mass is 10.1. The van der Waals surface area contributed by atoms with Gasteiger partial charge in [-0.05, 0) is 52.4 Å². The predicted octanol–water partition coefficient (Wildman–Crippen LogP) is 5.26. The highest BCUT2D eigenvalue weighted by molar-refractivity contribution is 6.33. The van der Waals surface area contributed by atoms with Gasteiger partial charge in [-0.1, -0.05) is 53.5 Å². The number of methoxy groups -OCH3 is 1. The molecule has 9 heteroatoms. The fraction of sp³-hybridized carbons (Fsp3) is 0.174. The SMILES string of the molecule is COCOc1ccc(Cl)c(-c2nnnn2Cc2cc(Cl)ccc2OCc2ccccc2)c1. The molecule has 0 fully saturated rings. The number of hydrogen-bond donors (Lipinski definition) is 0. The van der Waals surface area contributed by atoms with Gasteiger partial charge in [0.1, 0.15) is 18.1 Å². The average molecular weight is 471 g/mol. The topological polar surface area (TPSA) is 71.3 Å². The van der Waals surface area contributed by atoms with Crippen LogP contribution in [0.2, 0.25) is 10.0 Å². The molecule has 0 atom stereocenters. The molecule has 0 aliphatic carbocycles. The van der Waals surface area contributed by atoms with Crippen molar-refractivity contribution in [3.8, 4) is 22.9 Å². The van der Waals surface area contributed by atoms with E-state index in [4.69, 9.17) is 37.4 Å². The van der Waals surface area contributed by atoms with Gasteiger partial charge in [0.15, 0.2) is 12.6 Å². The van der Waals surface area contributed by atoms with E-state index in [2.05, 4.69) is 15.5 Å². The first-order valence-electron chi connectivity index (χ1n) is 9.77. The Balaban J connectivity index is 1.60. The van der Waals surface area contributed by atoms with Crippen LogP contribution in [0.1, 0.15) is 11.1 Å². The van der Waals surface area contributed by atoms with Crippen molar-refractivity contribution in [1.29, 1.82) is 0 Å². The molecule has 164 valence electrons. The van der Waals surface area contributed by atoms with Crippen molar-refractivity contribution in [2.24, 2.45) is 0 Å². The van der Waals surface area contributed by atoms with Gasteiger partial charge in [-0.15, -0.1) is 5.10 Å². The molecule has 1 heterocycles. The summed E-state index contributed by atoms with van der Waals surface area (Å²) in [4.78, 5) is 0. The number of halogens is 2. The summed E-state index contributed by atoms with van der Waals surface area (Å²) in [7, 11) is 1.56. The van der Waals surface area contributed by atoms with Crippen molar-refractivity contribution in [1.82, 2.24) is 20.2 Å². The summed E-state index contributed by atoms with van der Waals surface area (Å²) in [5, 5.41) is 13.2. The van der Waals surface area contributed by atoms with Gasteiger partial charge in [-0.2, -0.15) is 0 Å². The van der Waals surface area contributed by atoms with Crippen molar-refractivity contribution in [3.05, 3.63) is 87.9 Å². The van der Waals surface area contributed by atoms with Gasteiger partial charge < -0.3 is 14.2 Å². The normalized spacial score (nSPS) is 10.8. The molecule has 0 aliphatic heterocycles. The van der Waals surface area contributed by atoms with Crippen LogP contribution < -0.4 is 9.47 Å². The van der Waals surface area contributed by atoms with E-state index in [0.29, 0.717) is 46.1 Å². The number of nitrogens with zero attached hydrogens (tertiary/aromatic N) is 4. The van der Waals surface area contributed by atoms with E-state index in [9.17, 15) is 0 Å². The Morgan fingerprint density at radius 1 is 0.938 bits per heavy atom. The largest absolute Gasteiger partial charge is 0.489 e. The van der Waals surface area contributed by atoms with Crippen LogP contribution in [-0.4, -0.2) is 34.1 Å². The van der Waals surface area contributed by atoms with Crippen LogP contribution in [0.4, 0.5) is 0 Å². The van der Waals surface area contributed by atoms with E-state index in [-0.39, 0.29) is 6.79 Å². The molecule has 0 N–H and O–H groups in total. The molecule has 0 amide bonds. The maximum atomic E-state index is 6.43. The molecule has 4 aromatic rings. The molecule has 4 rings (SSSR count). The summed E-state index contributed by atoms with van der Waals surface area (Å²) in [5.74, 6) is 1.78. The summed E-state index contributed by atoms with van der Waals surface area (Å²) in [6.45, 7) is 0.895. The highest BCUT2D eigenvalue weighted by Gasteiger charge is 2.16. The molecule has 0 spiro atoms. The van der Waals surface area contributed by atoms with Crippen molar-refractivity contribution in [2.75, 3.05) is 13.9 Å². The lowest BCUT2D eigenvalue weighted by Crippen LogP contribution is -2.07. The Bertz CT molecular complexity index is 1190. The summed E-state index contributed by atoms with van der Waals surface area (Å²) in [6, 6.07) is 20.7. The van der Waals surface area contributed by atoms with Crippen LogP contribution in [0.15, 0.2) is 66.7 Å². The molecule has 0 saturated heterocycles. The lowest BCUT2D eigenvalue weighted by Gasteiger charge is -2.13.